The number of nitrogens with zero attached hydrogens (tertiary/aromatic N) is 3. The first-order valence-electron chi connectivity index (χ1n) is 9.29. The van der Waals surface area contributed by atoms with Crippen molar-refractivity contribution in [3.8, 4) is 0 Å². The Morgan fingerprint density at radius 2 is 1.84 bits per heavy atom. The molecule has 3 rings (SSSR count). The van der Waals surface area contributed by atoms with E-state index in [2.05, 4.69) is 32.7 Å². The lowest BCUT2D eigenvalue weighted by Gasteiger charge is -2.42. The lowest BCUT2D eigenvalue weighted by molar-refractivity contribution is 0.0450. The molecular weight excluding hydrogens is 385 g/mol. The van der Waals surface area contributed by atoms with Gasteiger partial charge in [0.1, 0.15) is 5.82 Å². The standard InChI is InChI=1S/C19H27BrFN3O/c1-2-7-22-8-5-16(6-9-22)23-10-12-24(13-11-23)19(25)17-14-15(20)3-4-18(17)21/h3-4,14,16H,2,5-13H2,1H3. The van der Waals surface area contributed by atoms with Crippen LogP contribution in [-0.2, 0) is 0 Å². The van der Waals surface area contributed by atoms with Crippen molar-refractivity contribution in [2.75, 3.05) is 45.8 Å². The van der Waals surface area contributed by atoms with E-state index in [1.54, 1.807) is 17.0 Å². The molecule has 138 valence electrons. The summed E-state index contributed by atoms with van der Waals surface area (Å²) in [5.74, 6) is -0.643. The van der Waals surface area contributed by atoms with E-state index in [-0.39, 0.29) is 11.5 Å². The third-order valence-electron chi connectivity index (χ3n) is 5.37. The molecule has 0 saturated carbocycles. The van der Waals surface area contributed by atoms with E-state index >= 15 is 0 Å². The maximum Gasteiger partial charge on any atom is 0.256 e. The van der Waals surface area contributed by atoms with Crippen molar-refractivity contribution in [2.24, 2.45) is 0 Å². The molecule has 2 saturated heterocycles. The SMILES string of the molecule is CCCN1CCC(N2CCN(C(=O)c3cc(Br)ccc3F)CC2)CC1. The van der Waals surface area contributed by atoms with Gasteiger partial charge in [-0.25, -0.2) is 4.39 Å². The number of benzene rings is 1. The summed E-state index contributed by atoms with van der Waals surface area (Å²) < 4.78 is 14.7. The Morgan fingerprint density at radius 1 is 1.16 bits per heavy atom. The molecule has 0 bridgehead atoms. The van der Waals surface area contributed by atoms with Gasteiger partial charge in [0.15, 0.2) is 0 Å². The lowest BCUT2D eigenvalue weighted by Crippen LogP contribution is -2.54. The van der Waals surface area contributed by atoms with Gasteiger partial charge in [0.2, 0.25) is 0 Å². The van der Waals surface area contributed by atoms with E-state index in [1.165, 1.54) is 45.0 Å². The molecule has 0 spiro atoms. The van der Waals surface area contributed by atoms with Gasteiger partial charge in [0.25, 0.3) is 5.91 Å². The largest absolute Gasteiger partial charge is 0.336 e. The lowest BCUT2D eigenvalue weighted by atomic mass is 10.0. The molecule has 0 aromatic heterocycles. The summed E-state index contributed by atoms with van der Waals surface area (Å²) in [7, 11) is 0. The van der Waals surface area contributed by atoms with E-state index in [0.717, 1.165) is 17.6 Å². The van der Waals surface area contributed by atoms with Crippen molar-refractivity contribution in [3.05, 3.63) is 34.1 Å². The summed E-state index contributed by atoms with van der Waals surface area (Å²) in [5.41, 5.74) is 0.163. The summed E-state index contributed by atoms with van der Waals surface area (Å²) in [5, 5.41) is 0. The number of carbonyl (C=O) groups excluding carboxylic acids is 1. The number of likely N-dealkylation sites (tertiary alicyclic amines) is 1. The predicted octanol–water partition coefficient (Wildman–Crippen LogP) is 3.22. The van der Waals surface area contributed by atoms with E-state index in [9.17, 15) is 9.18 Å². The fourth-order valence-electron chi connectivity index (χ4n) is 3.95. The zero-order chi connectivity index (χ0) is 17.8. The van der Waals surface area contributed by atoms with Crippen LogP contribution in [0.25, 0.3) is 0 Å². The minimum absolute atomic E-state index is 0.163. The normalized spacial score (nSPS) is 20.8. The van der Waals surface area contributed by atoms with Crippen LogP contribution in [0.3, 0.4) is 0 Å². The predicted molar refractivity (Wildman–Crippen MR) is 101 cm³/mol. The van der Waals surface area contributed by atoms with Gasteiger partial charge in [0.05, 0.1) is 5.56 Å². The van der Waals surface area contributed by atoms with Crippen molar-refractivity contribution in [1.29, 1.82) is 0 Å². The van der Waals surface area contributed by atoms with Crippen LogP contribution < -0.4 is 0 Å². The Balaban J connectivity index is 1.52. The van der Waals surface area contributed by atoms with Crippen molar-refractivity contribution < 1.29 is 9.18 Å². The zero-order valence-corrected chi connectivity index (χ0v) is 16.5. The molecule has 2 heterocycles. The smallest absolute Gasteiger partial charge is 0.256 e. The Hall–Kier alpha value is -0.980. The van der Waals surface area contributed by atoms with E-state index in [4.69, 9.17) is 0 Å². The third kappa shape index (κ3) is 4.60. The molecule has 25 heavy (non-hydrogen) atoms. The van der Waals surface area contributed by atoms with Gasteiger partial charge in [-0.1, -0.05) is 22.9 Å². The molecule has 0 atom stereocenters. The highest BCUT2D eigenvalue weighted by Crippen LogP contribution is 2.21. The van der Waals surface area contributed by atoms with Gasteiger partial charge in [-0.05, 0) is 57.1 Å². The Kier molecular flexibility index (Phi) is 6.47. The second kappa shape index (κ2) is 8.60. The Labute approximate surface area is 158 Å². The molecule has 0 aliphatic carbocycles. The number of piperazine rings is 1. The van der Waals surface area contributed by atoms with Crippen molar-refractivity contribution in [2.45, 2.75) is 32.2 Å². The Bertz CT molecular complexity index is 596. The van der Waals surface area contributed by atoms with E-state index < -0.39 is 5.82 Å². The summed E-state index contributed by atoms with van der Waals surface area (Å²) in [6, 6.07) is 5.17. The topological polar surface area (TPSA) is 26.8 Å². The molecule has 0 radical (unpaired) electrons. The van der Waals surface area contributed by atoms with Crippen molar-refractivity contribution in [3.63, 3.8) is 0 Å². The van der Waals surface area contributed by atoms with Gasteiger partial charge < -0.3 is 9.80 Å². The van der Waals surface area contributed by atoms with Crippen molar-refractivity contribution >= 4 is 21.8 Å². The van der Waals surface area contributed by atoms with Crippen LogP contribution in [-0.4, -0.2) is 72.5 Å². The van der Waals surface area contributed by atoms with Gasteiger partial charge in [-0.3, -0.25) is 9.69 Å². The summed E-state index contributed by atoms with van der Waals surface area (Å²) in [4.78, 5) is 19.5. The first-order chi connectivity index (χ1) is 12.1. The van der Waals surface area contributed by atoms with Crippen molar-refractivity contribution in [1.82, 2.24) is 14.7 Å². The maximum atomic E-state index is 14.0. The molecule has 0 N–H and O–H groups in total. The minimum atomic E-state index is -0.445. The van der Waals surface area contributed by atoms with Crippen LogP contribution in [0.5, 0.6) is 0 Å². The van der Waals surface area contributed by atoms with E-state index in [1.807, 2.05) is 0 Å². The maximum absolute atomic E-state index is 14.0. The highest BCUT2D eigenvalue weighted by Gasteiger charge is 2.29. The average Bonchev–Trinajstić information content (AvgIpc) is 2.64. The monoisotopic (exact) mass is 411 g/mol. The second-order valence-corrected chi connectivity index (χ2v) is 7.94. The second-order valence-electron chi connectivity index (χ2n) is 7.03. The number of carbonyl (C=O) groups is 1. The molecule has 2 aliphatic heterocycles. The average molecular weight is 412 g/mol. The minimum Gasteiger partial charge on any atom is -0.336 e. The number of piperidine rings is 1. The number of amides is 1. The number of hydrogen-bond donors (Lipinski definition) is 0. The molecule has 1 amide bonds. The summed E-state index contributed by atoms with van der Waals surface area (Å²) in [6.45, 7) is 8.94. The van der Waals surface area contributed by atoms with Crippen LogP contribution in [0.4, 0.5) is 4.39 Å². The molecule has 2 fully saturated rings. The van der Waals surface area contributed by atoms with Gasteiger partial charge in [0, 0.05) is 36.7 Å². The third-order valence-corrected chi connectivity index (χ3v) is 5.87. The molecule has 2 aliphatic rings. The number of hydrogen-bond acceptors (Lipinski definition) is 3. The van der Waals surface area contributed by atoms with Crippen LogP contribution in [0.15, 0.2) is 22.7 Å². The Morgan fingerprint density at radius 3 is 2.48 bits per heavy atom. The molecule has 1 aromatic rings. The van der Waals surface area contributed by atoms with Crippen LogP contribution in [0.2, 0.25) is 0 Å². The van der Waals surface area contributed by atoms with E-state index in [0.29, 0.717) is 19.1 Å². The van der Waals surface area contributed by atoms with Crippen LogP contribution in [0.1, 0.15) is 36.5 Å². The van der Waals surface area contributed by atoms with Gasteiger partial charge in [-0.2, -0.15) is 0 Å². The fraction of sp³-hybridized carbons (Fsp3) is 0.632. The number of halogens is 2. The molecule has 1 aromatic carbocycles. The first kappa shape index (κ1) is 18.8. The highest BCUT2D eigenvalue weighted by atomic mass is 79.9. The van der Waals surface area contributed by atoms with Gasteiger partial charge >= 0.3 is 0 Å². The highest BCUT2D eigenvalue weighted by molar-refractivity contribution is 9.10. The number of rotatable bonds is 4. The van der Waals surface area contributed by atoms with Crippen LogP contribution >= 0.6 is 15.9 Å². The van der Waals surface area contributed by atoms with Crippen LogP contribution in [0, 0.1) is 5.82 Å². The quantitative estimate of drug-likeness (QED) is 0.760. The van der Waals surface area contributed by atoms with Gasteiger partial charge in [-0.15, -0.1) is 0 Å². The molecule has 4 nitrogen and oxygen atoms in total. The summed E-state index contributed by atoms with van der Waals surface area (Å²) in [6.07, 6.45) is 3.65. The fourth-order valence-corrected chi connectivity index (χ4v) is 4.31. The molecule has 0 unspecified atom stereocenters. The summed E-state index contributed by atoms with van der Waals surface area (Å²) >= 11 is 3.32. The zero-order valence-electron chi connectivity index (χ0n) is 14.9. The molecular formula is C19H27BrFN3O. The first-order valence-corrected chi connectivity index (χ1v) is 10.1. The molecule has 6 heteroatoms.